The standard InChI is InChI=1S/C24H26ClN3O2/c1-28-11-10-16-12-17(2-3-19(16)15-28)24(29)27-20-5-8-21(9-6-20)30-22-7-4-18(14-26)23(25)13-22/h2-4,7,12-13,20-21H,5-6,8-11,15H2,1H3,(H,27,29)/t20-,21-. The molecule has 1 amide bonds. The molecule has 0 aromatic heterocycles. The van der Waals surface area contributed by atoms with Crippen molar-refractivity contribution >= 4 is 17.5 Å². The molecular weight excluding hydrogens is 398 g/mol. The summed E-state index contributed by atoms with van der Waals surface area (Å²) in [4.78, 5) is 15.0. The van der Waals surface area contributed by atoms with E-state index in [0.717, 1.165) is 50.8 Å². The normalized spacial score (nSPS) is 21.4. The summed E-state index contributed by atoms with van der Waals surface area (Å²) in [7, 11) is 2.12. The SMILES string of the molecule is CN1CCc2cc(C(=O)N[C@H]3CC[C@H](Oc4ccc(C#N)c(Cl)c4)CC3)ccc2C1. The molecule has 2 aliphatic rings. The molecule has 1 saturated carbocycles. The number of benzene rings is 2. The molecule has 156 valence electrons. The van der Waals surface area contributed by atoms with Crippen LogP contribution in [0, 0.1) is 11.3 Å². The van der Waals surface area contributed by atoms with Crippen molar-refractivity contribution in [1.82, 2.24) is 10.2 Å². The lowest BCUT2D eigenvalue weighted by atomic mass is 9.92. The number of nitriles is 1. The molecule has 6 heteroatoms. The molecule has 30 heavy (non-hydrogen) atoms. The van der Waals surface area contributed by atoms with Crippen LogP contribution >= 0.6 is 11.6 Å². The van der Waals surface area contributed by atoms with Crippen LogP contribution in [-0.2, 0) is 13.0 Å². The second-order valence-corrected chi connectivity index (χ2v) is 8.70. The first-order valence-corrected chi connectivity index (χ1v) is 10.9. The third kappa shape index (κ3) is 4.77. The van der Waals surface area contributed by atoms with Gasteiger partial charge in [0.05, 0.1) is 16.7 Å². The van der Waals surface area contributed by atoms with Crippen LogP contribution in [0.2, 0.25) is 5.02 Å². The van der Waals surface area contributed by atoms with E-state index < -0.39 is 0 Å². The smallest absolute Gasteiger partial charge is 0.251 e. The van der Waals surface area contributed by atoms with Crippen LogP contribution in [0.5, 0.6) is 5.75 Å². The van der Waals surface area contributed by atoms with Gasteiger partial charge in [0.2, 0.25) is 0 Å². The highest BCUT2D eigenvalue weighted by Gasteiger charge is 2.24. The molecule has 0 radical (unpaired) electrons. The second-order valence-electron chi connectivity index (χ2n) is 8.29. The molecule has 4 rings (SSSR count). The number of carbonyl (C=O) groups is 1. The van der Waals surface area contributed by atoms with Gasteiger partial charge in [-0.25, -0.2) is 0 Å². The van der Waals surface area contributed by atoms with Gasteiger partial charge in [-0.1, -0.05) is 17.7 Å². The van der Waals surface area contributed by atoms with Crippen molar-refractivity contribution in [3.8, 4) is 11.8 Å². The van der Waals surface area contributed by atoms with Crippen molar-refractivity contribution in [1.29, 1.82) is 5.26 Å². The van der Waals surface area contributed by atoms with Crippen LogP contribution < -0.4 is 10.1 Å². The third-order valence-electron chi connectivity index (χ3n) is 6.04. The van der Waals surface area contributed by atoms with Crippen LogP contribution in [0.25, 0.3) is 0 Å². The number of nitrogens with one attached hydrogen (secondary N) is 1. The van der Waals surface area contributed by atoms with Crippen molar-refractivity contribution in [3.05, 3.63) is 63.7 Å². The summed E-state index contributed by atoms with van der Waals surface area (Å²) in [6, 6.07) is 13.5. The molecule has 2 aromatic carbocycles. The minimum Gasteiger partial charge on any atom is -0.490 e. The molecular formula is C24H26ClN3O2. The van der Waals surface area contributed by atoms with E-state index in [0.29, 0.717) is 16.3 Å². The van der Waals surface area contributed by atoms with Crippen LogP contribution in [0.1, 0.15) is 52.7 Å². The maximum absolute atomic E-state index is 12.7. The highest BCUT2D eigenvalue weighted by Crippen LogP contribution is 2.27. The Hall–Kier alpha value is -2.55. The van der Waals surface area contributed by atoms with Gasteiger partial charge in [0.1, 0.15) is 11.8 Å². The molecule has 1 heterocycles. The van der Waals surface area contributed by atoms with Gasteiger partial charge in [-0.05, 0) is 74.5 Å². The fourth-order valence-electron chi connectivity index (χ4n) is 4.28. The van der Waals surface area contributed by atoms with Crippen molar-refractivity contribution in [2.75, 3.05) is 13.6 Å². The largest absolute Gasteiger partial charge is 0.490 e. The van der Waals surface area contributed by atoms with Crippen LogP contribution in [-0.4, -0.2) is 36.5 Å². The van der Waals surface area contributed by atoms with Crippen LogP contribution in [0.4, 0.5) is 0 Å². The summed E-state index contributed by atoms with van der Waals surface area (Å²) in [6.07, 6.45) is 4.61. The maximum Gasteiger partial charge on any atom is 0.251 e. The zero-order valence-electron chi connectivity index (χ0n) is 17.2. The molecule has 1 N–H and O–H groups in total. The first-order valence-electron chi connectivity index (χ1n) is 10.5. The lowest BCUT2D eigenvalue weighted by Gasteiger charge is -2.30. The van der Waals surface area contributed by atoms with E-state index in [2.05, 4.69) is 35.5 Å². The monoisotopic (exact) mass is 423 g/mol. The average molecular weight is 424 g/mol. The molecule has 5 nitrogen and oxygen atoms in total. The predicted octanol–water partition coefficient (Wildman–Crippen LogP) is 4.32. The zero-order valence-corrected chi connectivity index (χ0v) is 17.9. The minimum atomic E-state index is 0.0139. The predicted molar refractivity (Wildman–Crippen MR) is 117 cm³/mol. The molecule has 2 aromatic rings. The Bertz CT molecular complexity index is 977. The van der Waals surface area contributed by atoms with E-state index >= 15 is 0 Å². The van der Waals surface area contributed by atoms with Gasteiger partial charge in [0.15, 0.2) is 0 Å². The number of nitrogens with zero attached hydrogens (tertiary/aromatic N) is 2. The number of hydrogen-bond acceptors (Lipinski definition) is 4. The zero-order chi connectivity index (χ0) is 21.1. The Morgan fingerprint density at radius 2 is 1.97 bits per heavy atom. The average Bonchev–Trinajstić information content (AvgIpc) is 2.75. The molecule has 0 unspecified atom stereocenters. The van der Waals surface area contributed by atoms with Gasteiger partial charge >= 0.3 is 0 Å². The van der Waals surface area contributed by atoms with E-state index in [1.807, 2.05) is 6.07 Å². The van der Waals surface area contributed by atoms with Gasteiger partial charge in [-0.15, -0.1) is 0 Å². The maximum atomic E-state index is 12.7. The van der Waals surface area contributed by atoms with Gasteiger partial charge < -0.3 is 15.0 Å². The lowest BCUT2D eigenvalue weighted by molar-refractivity contribution is 0.0893. The van der Waals surface area contributed by atoms with Crippen molar-refractivity contribution in [2.45, 2.75) is 50.8 Å². The number of rotatable bonds is 4. The number of hydrogen-bond donors (Lipinski definition) is 1. The summed E-state index contributed by atoms with van der Waals surface area (Å²) >= 11 is 6.08. The van der Waals surface area contributed by atoms with E-state index in [4.69, 9.17) is 21.6 Å². The molecule has 0 bridgehead atoms. The number of ether oxygens (including phenoxy) is 1. The Morgan fingerprint density at radius 1 is 1.17 bits per heavy atom. The quantitative estimate of drug-likeness (QED) is 0.795. The number of fused-ring (bicyclic) bond motifs is 1. The molecule has 1 fully saturated rings. The van der Waals surface area contributed by atoms with Gasteiger partial charge in [-0.3, -0.25) is 4.79 Å². The molecule has 1 aliphatic heterocycles. The highest BCUT2D eigenvalue weighted by molar-refractivity contribution is 6.31. The van der Waals surface area contributed by atoms with Crippen molar-refractivity contribution in [2.24, 2.45) is 0 Å². The van der Waals surface area contributed by atoms with E-state index in [9.17, 15) is 4.79 Å². The first kappa shape index (κ1) is 20.7. The number of likely N-dealkylation sites (N-methyl/N-ethyl adjacent to an activating group) is 1. The Morgan fingerprint density at radius 3 is 2.70 bits per heavy atom. The Kier molecular flexibility index (Phi) is 6.26. The van der Waals surface area contributed by atoms with Crippen molar-refractivity contribution < 1.29 is 9.53 Å². The fraction of sp³-hybridized carbons (Fsp3) is 0.417. The summed E-state index contributed by atoms with van der Waals surface area (Å²) in [5, 5.41) is 12.6. The first-order chi connectivity index (χ1) is 14.5. The van der Waals surface area contributed by atoms with E-state index in [1.54, 1.807) is 18.2 Å². The second kappa shape index (κ2) is 9.07. The van der Waals surface area contributed by atoms with E-state index in [-0.39, 0.29) is 18.1 Å². The van der Waals surface area contributed by atoms with Crippen molar-refractivity contribution in [3.63, 3.8) is 0 Å². The fourth-order valence-corrected chi connectivity index (χ4v) is 4.49. The van der Waals surface area contributed by atoms with Crippen LogP contribution in [0.3, 0.4) is 0 Å². The van der Waals surface area contributed by atoms with Gasteiger partial charge in [0.25, 0.3) is 5.91 Å². The number of carbonyl (C=O) groups excluding carboxylic acids is 1. The lowest BCUT2D eigenvalue weighted by Crippen LogP contribution is -2.39. The summed E-state index contributed by atoms with van der Waals surface area (Å²) in [5.74, 6) is 0.700. The Labute approximate surface area is 182 Å². The molecule has 0 atom stereocenters. The third-order valence-corrected chi connectivity index (χ3v) is 6.36. The van der Waals surface area contributed by atoms with Crippen LogP contribution in [0.15, 0.2) is 36.4 Å². The molecule has 0 saturated heterocycles. The van der Waals surface area contributed by atoms with Gasteiger partial charge in [0, 0.05) is 30.8 Å². The molecule has 1 aliphatic carbocycles. The summed E-state index contributed by atoms with van der Waals surface area (Å²) in [6.45, 7) is 1.98. The van der Waals surface area contributed by atoms with E-state index in [1.165, 1.54) is 11.1 Å². The summed E-state index contributed by atoms with van der Waals surface area (Å²) in [5.41, 5.74) is 3.81. The number of halogens is 1. The summed E-state index contributed by atoms with van der Waals surface area (Å²) < 4.78 is 6.03. The molecule has 0 spiro atoms. The minimum absolute atomic E-state index is 0.0139. The number of amides is 1. The Balaban J connectivity index is 1.29. The highest BCUT2D eigenvalue weighted by atomic mass is 35.5. The van der Waals surface area contributed by atoms with Gasteiger partial charge in [-0.2, -0.15) is 5.26 Å². The topological polar surface area (TPSA) is 65.4 Å².